The van der Waals surface area contributed by atoms with Gasteiger partial charge in [-0.05, 0) is 148 Å². The number of hydrogen-bond donors (Lipinski definition) is 0. The SMILES string of the molecule is O=Cc1cc2cc(c1)CCCCOc1ccc(cc1)CCCc1cccc(n1)CCCc1ccc(cc1)OCCCC2. The van der Waals surface area contributed by atoms with Gasteiger partial charge in [0.05, 0.1) is 13.2 Å². The molecule has 0 N–H and O–H groups in total. The fourth-order valence-electron chi connectivity index (χ4n) is 5.65. The van der Waals surface area contributed by atoms with Crippen LogP contribution < -0.4 is 9.47 Å². The number of nitrogens with zero attached hydrogens (tertiary/aromatic N) is 1. The molecule has 0 aliphatic carbocycles. The summed E-state index contributed by atoms with van der Waals surface area (Å²) in [6.07, 6.45) is 13.1. The number of hydrogen-bond acceptors (Lipinski definition) is 4. The van der Waals surface area contributed by atoms with Crippen LogP contribution in [0.15, 0.2) is 84.9 Å². The lowest BCUT2D eigenvalue weighted by atomic mass is 9.99. The van der Waals surface area contributed by atoms with Gasteiger partial charge in [0.1, 0.15) is 17.8 Å². The molecule has 0 amide bonds. The first-order valence-corrected chi connectivity index (χ1v) is 15.7. The topological polar surface area (TPSA) is 48.4 Å². The lowest BCUT2D eigenvalue weighted by Gasteiger charge is -2.10. The summed E-state index contributed by atoms with van der Waals surface area (Å²) in [5.74, 6) is 1.86. The van der Waals surface area contributed by atoms with E-state index < -0.39 is 0 Å². The summed E-state index contributed by atoms with van der Waals surface area (Å²) in [4.78, 5) is 16.5. The number of benzene rings is 3. The molecule has 0 saturated carbocycles. The summed E-state index contributed by atoms with van der Waals surface area (Å²) in [7, 11) is 0. The van der Waals surface area contributed by atoms with Crippen molar-refractivity contribution in [1.82, 2.24) is 4.98 Å². The van der Waals surface area contributed by atoms with Gasteiger partial charge in [0, 0.05) is 17.0 Å². The minimum Gasteiger partial charge on any atom is -0.494 e. The molecule has 218 valence electrons. The van der Waals surface area contributed by atoms with E-state index >= 15 is 0 Å². The molecule has 4 aromatic rings. The van der Waals surface area contributed by atoms with Gasteiger partial charge in [-0.25, -0.2) is 0 Å². The molecule has 4 aliphatic rings. The van der Waals surface area contributed by atoms with Gasteiger partial charge in [-0.15, -0.1) is 0 Å². The van der Waals surface area contributed by atoms with Gasteiger partial charge in [-0.3, -0.25) is 9.78 Å². The fraction of sp³-hybridized carbons (Fsp3) is 0.368. The lowest BCUT2D eigenvalue weighted by Crippen LogP contribution is -2.01. The highest BCUT2D eigenvalue weighted by atomic mass is 16.5. The zero-order valence-corrected chi connectivity index (χ0v) is 24.7. The Bertz CT molecular complexity index is 1300. The van der Waals surface area contributed by atoms with Crippen LogP contribution in [0.1, 0.15) is 82.5 Å². The fourth-order valence-corrected chi connectivity index (χ4v) is 5.65. The van der Waals surface area contributed by atoms with Gasteiger partial charge in [-0.2, -0.15) is 0 Å². The standard InChI is InChI=1S/C38H43NO3/c40-29-34-27-32-8-1-3-24-41-37-20-16-30(17-21-37)10-5-12-35-14-7-15-36(39-35)13-6-11-31-18-22-38(23-19-31)42-25-4-2-9-33(26-32)28-34/h7,14-23,26-29H,1-6,8-13,24-25H2. The summed E-state index contributed by atoms with van der Waals surface area (Å²) in [5, 5.41) is 0. The third-order valence-corrected chi connectivity index (χ3v) is 7.98. The molecule has 0 fully saturated rings. The van der Waals surface area contributed by atoms with E-state index in [1.54, 1.807) is 0 Å². The Kier molecular flexibility index (Phi) is 11.2. The maximum absolute atomic E-state index is 11.6. The van der Waals surface area contributed by atoms with Crippen molar-refractivity contribution in [3.05, 3.63) is 124 Å². The number of rotatable bonds is 1. The van der Waals surface area contributed by atoms with Gasteiger partial charge in [0.25, 0.3) is 0 Å². The second-order valence-corrected chi connectivity index (χ2v) is 11.4. The van der Waals surface area contributed by atoms with Crippen molar-refractivity contribution in [1.29, 1.82) is 0 Å². The van der Waals surface area contributed by atoms with Crippen molar-refractivity contribution in [3.63, 3.8) is 0 Å². The summed E-state index contributed by atoms with van der Waals surface area (Å²) in [6, 6.07) is 29.9. The first-order valence-electron chi connectivity index (χ1n) is 15.7. The Balaban J connectivity index is 1.21. The zero-order valence-electron chi connectivity index (χ0n) is 24.7. The van der Waals surface area contributed by atoms with E-state index in [-0.39, 0.29) is 0 Å². The number of aldehydes is 1. The van der Waals surface area contributed by atoms with Crippen molar-refractivity contribution in [2.24, 2.45) is 0 Å². The van der Waals surface area contributed by atoms with Gasteiger partial charge >= 0.3 is 0 Å². The Morgan fingerprint density at radius 3 is 1.45 bits per heavy atom. The zero-order chi connectivity index (χ0) is 28.8. The van der Waals surface area contributed by atoms with Crippen molar-refractivity contribution < 1.29 is 14.3 Å². The summed E-state index contributed by atoms with van der Waals surface area (Å²) >= 11 is 0. The van der Waals surface area contributed by atoms with E-state index in [0.29, 0.717) is 13.2 Å². The lowest BCUT2D eigenvalue weighted by molar-refractivity contribution is 0.112. The smallest absolute Gasteiger partial charge is 0.150 e. The minimum absolute atomic E-state index is 0.699. The Morgan fingerprint density at radius 1 is 0.500 bits per heavy atom. The molecule has 0 atom stereocenters. The second-order valence-electron chi connectivity index (χ2n) is 11.4. The van der Waals surface area contributed by atoms with E-state index in [4.69, 9.17) is 14.5 Å². The average Bonchev–Trinajstić information content (AvgIpc) is 3.02. The maximum atomic E-state index is 11.6. The van der Waals surface area contributed by atoms with Crippen molar-refractivity contribution in [2.75, 3.05) is 13.2 Å². The molecule has 4 heteroatoms. The van der Waals surface area contributed by atoms with Gasteiger partial charge in [0.15, 0.2) is 0 Å². The molecule has 0 unspecified atom stereocenters. The summed E-state index contributed by atoms with van der Waals surface area (Å²) in [5.41, 5.74) is 8.27. The highest BCUT2D eigenvalue weighted by Crippen LogP contribution is 2.19. The van der Waals surface area contributed by atoms with E-state index in [0.717, 1.165) is 100 Å². The van der Waals surface area contributed by atoms with Crippen LogP contribution in [0.25, 0.3) is 0 Å². The number of aromatic nitrogens is 1. The number of pyridine rings is 1. The molecule has 4 aliphatic heterocycles. The molecule has 0 saturated heterocycles. The van der Waals surface area contributed by atoms with Gasteiger partial charge in [-0.1, -0.05) is 36.4 Å². The van der Waals surface area contributed by atoms with Crippen LogP contribution in [0.4, 0.5) is 0 Å². The maximum Gasteiger partial charge on any atom is 0.150 e. The number of ether oxygens (including phenoxy) is 2. The van der Waals surface area contributed by atoms with Gasteiger partial charge in [0.2, 0.25) is 0 Å². The first-order chi connectivity index (χ1) is 20.7. The van der Waals surface area contributed by atoms with E-state index in [9.17, 15) is 4.79 Å². The highest BCUT2D eigenvalue weighted by molar-refractivity contribution is 5.75. The predicted octanol–water partition coefficient (Wildman–Crippen LogP) is 8.36. The summed E-state index contributed by atoms with van der Waals surface area (Å²) in [6.45, 7) is 1.40. The first kappa shape index (κ1) is 29.6. The molecule has 0 radical (unpaired) electrons. The van der Waals surface area contributed by atoms with Crippen LogP contribution in [0, 0.1) is 0 Å². The molecule has 0 spiro atoms. The third-order valence-electron chi connectivity index (χ3n) is 7.98. The van der Waals surface area contributed by atoms with Gasteiger partial charge < -0.3 is 9.47 Å². The molecule has 5 heterocycles. The van der Waals surface area contributed by atoms with Crippen LogP contribution in [0.3, 0.4) is 0 Å². The number of carbonyl (C=O) groups excluding carboxylic acids is 1. The van der Waals surface area contributed by atoms with Crippen LogP contribution in [0.5, 0.6) is 11.5 Å². The molecular formula is C38H43NO3. The normalized spacial score (nSPS) is 15.7. The third kappa shape index (κ3) is 9.58. The van der Waals surface area contributed by atoms with E-state index in [1.807, 2.05) is 12.1 Å². The Morgan fingerprint density at radius 2 is 0.976 bits per heavy atom. The quantitative estimate of drug-likeness (QED) is 0.219. The molecule has 8 bridgehead atoms. The molecule has 1 aromatic heterocycles. The van der Waals surface area contributed by atoms with Crippen molar-refractivity contribution >= 4 is 6.29 Å². The summed E-state index contributed by atoms with van der Waals surface area (Å²) < 4.78 is 12.0. The van der Waals surface area contributed by atoms with Crippen LogP contribution in [-0.2, 0) is 38.5 Å². The van der Waals surface area contributed by atoms with Crippen LogP contribution in [-0.4, -0.2) is 24.5 Å². The van der Waals surface area contributed by atoms with Crippen molar-refractivity contribution in [2.45, 2.75) is 77.0 Å². The van der Waals surface area contributed by atoms with Crippen LogP contribution >= 0.6 is 0 Å². The highest BCUT2D eigenvalue weighted by Gasteiger charge is 2.05. The predicted molar refractivity (Wildman–Crippen MR) is 170 cm³/mol. The number of aryl methyl sites for hydroxylation is 6. The number of carbonyl (C=O) groups is 1. The molecular weight excluding hydrogens is 518 g/mol. The molecule has 3 aromatic carbocycles. The molecule has 8 rings (SSSR count). The molecule has 42 heavy (non-hydrogen) atoms. The Labute approximate surface area is 251 Å². The second kappa shape index (κ2) is 15.9. The van der Waals surface area contributed by atoms with E-state index in [2.05, 4.69) is 72.8 Å². The average molecular weight is 562 g/mol. The van der Waals surface area contributed by atoms with Crippen LogP contribution in [0.2, 0.25) is 0 Å². The minimum atomic E-state index is 0.699. The largest absolute Gasteiger partial charge is 0.494 e. The van der Waals surface area contributed by atoms with Crippen molar-refractivity contribution in [3.8, 4) is 11.5 Å². The van der Waals surface area contributed by atoms with E-state index in [1.165, 1.54) is 33.6 Å². The monoisotopic (exact) mass is 561 g/mol. The molecule has 4 nitrogen and oxygen atoms in total. The Hall–Kier alpha value is -3.92.